The monoisotopic (exact) mass is 236 g/mol. The number of imidazole rings is 1. The molecule has 0 spiro atoms. The number of halogens is 2. The van der Waals surface area contributed by atoms with Crippen LogP contribution in [0.5, 0.6) is 0 Å². The Kier molecular flexibility index (Phi) is 2.99. The van der Waals surface area contributed by atoms with Crippen LogP contribution in [0.1, 0.15) is 16.2 Å². The summed E-state index contributed by atoms with van der Waals surface area (Å²) in [5.41, 5.74) is 0.166. The van der Waals surface area contributed by atoms with Crippen molar-refractivity contribution >= 4 is 5.78 Å². The molecule has 0 fully saturated rings. The molecule has 0 aliphatic rings. The van der Waals surface area contributed by atoms with Gasteiger partial charge in [-0.15, -0.1) is 0 Å². The summed E-state index contributed by atoms with van der Waals surface area (Å²) in [5, 5.41) is 0. The van der Waals surface area contributed by atoms with E-state index >= 15 is 0 Å². The number of Topliss-reactive ketones (excluding diaryl/α,β-unsaturated/α-hetero) is 1. The van der Waals surface area contributed by atoms with Gasteiger partial charge < -0.3 is 4.57 Å². The van der Waals surface area contributed by atoms with E-state index in [-0.39, 0.29) is 23.6 Å². The van der Waals surface area contributed by atoms with E-state index in [0.717, 1.165) is 12.1 Å². The van der Waals surface area contributed by atoms with Crippen LogP contribution in [0, 0.1) is 11.6 Å². The van der Waals surface area contributed by atoms with E-state index in [2.05, 4.69) is 4.98 Å². The third-order valence-corrected chi connectivity index (χ3v) is 2.44. The standard InChI is InChI=1S/C12H10F2N2O/c1-16-5-4-15-12(16)11(17)6-8-2-3-9(13)7-10(8)14/h2-5,7H,6H2,1H3. The Labute approximate surface area is 96.7 Å². The van der Waals surface area contributed by atoms with Gasteiger partial charge in [-0.2, -0.15) is 0 Å². The summed E-state index contributed by atoms with van der Waals surface area (Å²) in [5.74, 6) is -1.42. The maximum atomic E-state index is 13.3. The van der Waals surface area contributed by atoms with Gasteiger partial charge in [0.2, 0.25) is 5.78 Å². The molecule has 5 heteroatoms. The van der Waals surface area contributed by atoms with Crippen LogP contribution in [0.3, 0.4) is 0 Å². The second-order valence-corrected chi connectivity index (χ2v) is 3.70. The van der Waals surface area contributed by atoms with Crippen molar-refractivity contribution in [2.45, 2.75) is 6.42 Å². The molecule has 0 saturated carbocycles. The van der Waals surface area contributed by atoms with E-state index in [4.69, 9.17) is 0 Å². The molecule has 17 heavy (non-hydrogen) atoms. The van der Waals surface area contributed by atoms with Crippen molar-refractivity contribution in [1.82, 2.24) is 9.55 Å². The summed E-state index contributed by atoms with van der Waals surface area (Å²) < 4.78 is 27.6. The minimum atomic E-state index is -0.715. The van der Waals surface area contributed by atoms with Crippen molar-refractivity contribution in [3.63, 3.8) is 0 Å². The molecule has 0 radical (unpaired) electrons. The number of rotatable bonds is 3. The Morgan fingerprint density at radius 2 is 2.18 bits per heavy atom. The highest BCUT2D eigenvalue weighted by atomic mass is 19.1. The maximum Gasteiger partial charge on any atom is 0.202 e. The topological polar surface area (TPSA) is 34.9 Å². The number of aromatic nitrogens is 2. The highest BCUT2D eigenvalue weighted by molar-refractivity contribution is 5.94. The molecule has 3 nitrogen and oxygen atoms in total. The summed E-state index contributed by atoms with van der Waals surface area (Å²) in [6.45, 7) is 0. The number of hydrogen-bond acceptors (Lipinski definition) is 2. The normalized spacial score (nSPS) is 10.5. The lowest BCUT2D eigenvalue weighted by Gasteiger charge is -2.03. The van der Waals surface area contributed by atoms with Crippen molar-refractivity contribution in [1.29, 1.82) is 0 Å². The summed E-state index contributed by atoms with van der Waals surface area (Å²) >= 11 is 0. The Morgan fingerprint density at radius 1 is 1.41 bits per heavy atom. The van der Waals surface area contributed by atoms with E-state index in [9.17, 15) is 13.6 Å². The van der Waals surface area contributed by atoms with Gasteiger partial charge in [-0.3, -0.25) is 4.79 Å². The average Bonchev–Trinajstić information content (AvgIpc) is 2.68. The molecule has 1 aromatic carbocycles. The third-order valence-electron chi connectivity index (χ3n) is 2.44. The molecule has 0 bridgehead atoms. The lowest BCUT2D eigenvalue weighted by molar-refractivity contribution is 0.0979. The van der Waals surface area contributed by atoms with Crippen molar-refractivity contribution in [3.05, 3.63) is 53.6 Å². The fraction of sp³-hybridized carbons (Fsp3) is 0.167. The Bertz CT molecular complexity index is 563. The molecule has 2 aromatic rings. The summed E-state index contributed by atoms with van der Waals surface area (Å²) in [7, 11) is 1.68. The largest absolute Gasteiger partial charge is 0.332 e. The van der Waals surface area contributed by atoms with E-state index in [1.54, 1.807) is 17.8 Å². The number of aryl methyl sites for hydroxylation is 1. The number of nitrogens with zero attached hydrogens (tertiary/aromatic N) is 2. The van der Waals surface area contributed by atoms with Gasteiger partial charge in [-0.1, -0.05) is 6.07 Å². The second kappa shape index (κ2) is 4.45. The SMILES string of the molecule is Cn1ccnc1C(=O)Cc1ccc(F)cc1F. The number of benzene rings is 1. The molecule has 0 unspecified atom stereocenters. The zero-order chi connectivity index (χ0) is 12.4. The lowest BCUT2D eigenvalue weighted by Crippen LogP contribution is -2.11. The van der Waals surface area contributed by atoms with Gasteiger partial charge in [-0.25, -0.2) is 13.8 Å². The van der Waals surface area contributed by atoms with Gasteiger partial charge in [0.15, 0.2) is 5.82 Å². The first-order valence-electron chi connectivity index (χ1n) is 5.02. The van der Waals surface area contributed by atoms with Gasteiger partial charge in [-0.05, 0) is 11.6 Å². The van der Waals surface area contributed by atoms with Crippen LogP contribution in [0.25, 0.3) is 0 Å². The number of carbonyl (C=O) groups excluding carboxylic acids is 1. The van der Waals surface area contributed by atoms with Crippen LogP contribution in [-0.2, 0) is 13.5 Å². The predicted molar refractivity (Wildman–Crippen MR) is 57.6 cm³/mol. The molecule has 0 atom stereocenters. The zero-order valence-corrected chi connectivity index (χ0v) is 9.15. The van der Waals surface area contributed by atoms with Crippen molar-refractivity contribution in [2.75, 3.05) is 0 Å². The lowest BCUT2D eigenvalue weighted by atomic mass is 10.1. The molecule has 0 aliphatic carbocycles. The molecule has 0 amide bonds. The average molecular weight is 236 g/mol. The van der Waals surface area contributed by atoms with Crippen LogP contribution < -0.4 is 0 Å². The maximum absolute atomic E-state index is 13.3. The molecule has 0 saturated heterocycles. The molecule has 1 aromatic heterocycles. The molecular formula is C12H10F2N2O. The molecule has 2 rings (SSSR count). The van der Waals surface area contributed by atoms with E-state index in [0.29, 0.717) is 0 Å². The van der Waals surface area contributed by atoms with Gasteiger partial charge in [0.1, 0.15) is 11.6 Å². The minimum Gasteiger partial charge on any atom is -0.332 e. The Morgan fingerprint density at radius 3 is 2.76 bits per heavy atom. The number of hydrogen-bond donors (Lipinski definition) is 0. The van der Waals surface area contributed by atoms with Crippen molar-refractivity contribution < 1.29 is 13.6 Å². The number of carbonyl (C=O) groups is 1. The summed E-state index contributed by atoms with van der Waals surface area (Å²) in [6.07, 6.45) is 3.00. The second-order valence-electron chi connectivity index (χ2n) is 3.70. The summed E-state index contributed by atoms with van der Waals surface area (Å²) in [6, 6.07) is 3.16. The fourth-order valence-electron chi connectivity index (χ4n) is 1.55. The first-order valence-corrected chi connectivity index (χ1v) is 5.02. The summed E-state index contributed by atoms with van der Waals surface area (Å²) in [4.78, 5) is 15.7. The van der Waals surface area contributed by atoms with Crippen LogP contribution in [0.2, 0.25) is 0 Å². The predicted octanol–water partition coefficient (Wildman–Crippen LogP) is 2.12. The highest BCUT2D eigenvalue weighted by Crippen LogP contribution is 2.12. The zero-order valence-electron chi connectivity index (χ0n) is 9.15. The van der Waals surface area contributed by atoms with Crippen LogP contribution >= 0.6 is 0 Å². The molecular weight excluding hydrogens is 226 g/mol. The molecule has 1 heterocycles. The third kappa shape index (κ3) is 2.38. The van der Waals surface area contributed by atoms with Gasteiger partial charge in [0.05, 0.1) is 0 Å². The molecule has 0 N–H and O–H groups in total. The number of ketones is 1. The van der Waals surface area contributed by atoms with Crippen LogP contribution in [0.15, 0.2) is 30.6 Å². The van der Waals surface area contributed by atoms with Crippen LogP contribution in [-0.4, -0.2) is 15.3 Å². The van der Waals surface area contributed by atoms with E-state index in [1.807, 2.05) is 0 Å². The quantitative estimate of drug-likeness (QED) is 0.765. The van der Waals surface area contributed by atoms with Crippen LogP contribution in [0.4, 0.5) is 8.78 Å². The van der Waals surface area contributed by atoms with Crippen molar-refractivity contribution in [3.8, 4) is 0 Å². The van der Waals surface area contributed by atoms with Gasteiger partial charge in [0.25, 0.3) is 0 Å². The van der Waals surface area contributed by atoms with E-state index in [1.165, 1.54) is 12.3 Å². The van der Waals surface area contributed by atoms with E-state index < -0.39 is 11.6 Å². The Hall–Kier alpha value is -2.04. The fourth-order valence-corrected chi connectivity index (χ4v) is 1.55. The first kappa shape index (κ1) is 11.4. The van der Waals surface area contributed by atoms with Gasteiger partial charge >= 0.3 is 0 Å². The highest BCUT2D eigenvalue weighted by Gasteiger charge is 2.14. The first-order chi connectivity index (χ1) is 8.08. The Balaban J connectivity index is 2.22. The smallest absolute Gasteiger partial charge is 0.202 e. The van der Waals surface area contributed by atoms with Gasteiger partial charge in [0, 0.05) is 31.9 Å². The molecule has 88 valence electrons. The van der Waals surface area contributed by atoms with Crippen molar-refractivity contribution in [2.24, 2.45) is 7.05 Å². The molecule has 0 aliphatic heterocycles. The minimum absolute atomic E-state index is 0.128.